The van der Waals surface area contributed by atoms with Gasteiger partial charge in [0.1, 0.15) is 10.7 Å². The maximum absolute atomic E-state index is 10.5. The third kappa shape index (κ3) is 2.03. The van der Waals surface area contributed by atoms with Crippen LogP contribution in [0, 0.1) is 26.9 Å². The molecule has 0 bridgehead atoms. The Balaban J connectivity index is 1.81. The number of hydrogen-bond donors (Lipinski definition) is 1. The molecule has 0 radical (unpaired) electrons. The molecule has 1 aliphatic rings. The zero-order chi connectivity index (χ0) is 13.6. The minimum Gasteiger partial charge on any atom is -0.404 e. The van der Waals surface area contributed by atoms with E-state index in [1.165, 1.54) is 6.07 Å². The van der Waals surface area contributed by atoms with Crippen LogP contribution in [-0.2, 0) is 6.54 Å². The van der Waals surface area contributed by atoms with Crippen LogP contribution in [0.25, 0.3) is 0 Å². The quantitative estimate of drug-likeness (QED) is 0.646. The van der Waals surface area contributed by atoms with Crippen molar-refractivity contribution in [3.63, 3.8) is 0 Å². The normalized spacial score (nSPS) is 20.9. The van der Waals surface area contributed by atoms with E-state index in [4.69, 9.17) is 4.42 Å². The highest BCUT2D eigenvalue weighted by molar-refractivity contribution is 5.18. The molecule has 1 heterocycles. The van der Waals surface area contributed by atoms with Crippen molar-refractivity contribution in [1.29, 1.82) is 0 Å². The Morgan fingerprint density at radius 3 is 2.39 bits per heavy atom. The molecular weight excluding hydrogens is 232 g/mol. The number of nitrogens with one attached hydrogen (secondary N) is 1. The average molecular weight is 252 g/mol. The van der Waals surface area contributed by atoms with E-state index in [9.17, 15) is 10.1 Å². The number of furan rings is 1. The van der Waals surface area contributed by atoms with Gasteiger partial charge in [0.05, 0.1) is 12.6 Å². The molecule has 1 saturated carbocycles. The van der Waals surface area contributed by atoms with E-state index in [0.29, 0.717) is 29.1 Å². The van der Waals surface area contributed by atoms with Gasteiger partial charge in [-0.2, -0.15) is 0 Å². The van der Waals surface area contributed by atoms with Gasteiger partial charge in [0.15, 0.2) is 0 Å². The largest absolute Gasteiger partial charge is 0.433 e. The fourth-order valence-electron chi connectivity index (χ4n) is 2.74. The summed E-state index contributed by atoms with van der Waals surface area (Å²) >= 11 is 0. The lowest BCUT2D eigenvalue weighted by Crippen LogP contribution is -2.18. The Hall–Kier alpha value is -1.36. The van der Waals surface area contributed by atoms with Gasteiger partial charge in [-0.05, 0) is 29.4 Å². The van der Waals surface area contributed by atoms with Gasteiger partial charge in [0, 0.05) is 0 Å². The first-order chi connectivity index (χ1) is 8.26. The second-order valence-electron chi connectivity index (χ2n) is 6.12. The maximum Gasteiger partial charge on any atom is 0.433 e. The third-order valence-corrected chi connectivity index (χ3v) is 4.79. The second-order valence-corrected chi connectivity index (χ2v) is 6.12. The van der Waals surface area contributed by atoms with Crippen LogP contribution in [0.1, 0.15) is 33.5 Å². The Bertz CT molecular complexity index is 449. The molecule has 0 saturated heterocycles. The number of hydrogen-bond acceptors (Lipinski definition) is 4. The first-order valence-electron chi connectivity index (χ1n) is 6.20. The number of nitro groups is 1. The Morgan fingerprint density at radius 2 is 1.94 bits per heavy atom. The lowest BCUT2D eigenvalue weighted by molar-refractivity contribution is -0.402. The Kier molecular flexibility index (Phi) is 2.97. The van der Waals surface area contributed by atoms with Gasteiger partial charge in [-0.3, -0.25) is 10.1 Å². The van der Waals surface area contributed by atoms with Crippen LogP contribution in [0.4, 0.5) is 5.88 Å². The molecule has 0 aliphatic heterocycles. The van der Waals surface area contributed by atoms with Crippen molar-refractivity contribution in [2.24, 2.45) is 16.7 Å². The van der Waals surface area contributed by atoms with Crippen LogP contribution >= 0.6 is 0 Å². The molecule has 0 unspecified atom stereocenters. The van der Waals surface area contributed by atoms with Crippen molar-refractivity contribution in [1.82, 2.24) is 5.32 Å². The van der Waals surface area contributed by atoms with Crippen molar-refractivity contribution < 1.29 is 9.34 Å². The van der Waals surface area contributed by atoms with Gasteiger partial charge in [-0.25, -0.2) is 0 Å². The van der Waals surface area contributed by atoms with Crippen LogP contribution in [0.5, 0.6) is 0 Å². The van der Waals surface area contributed by atoms with E-state index in [1.54, 1.807) is 6.07 Å². The van der Waals surface area contributed by atoms with Crippen LogP contribution in [0.15, 0.2) is 16.5 Å². The van der Waals surface area contributed by atoms with Crippen molar-refractivity contribution >= 4 is 5.88 Å². The second kappa shape index (κ2) is 4.09. The van der Waals surface area contributed by atoms with E-state index in [0.717, 1.165) is 6.54 Å². The topological polar surface area (TPSA) is 68.3 Å². The summed E-state index contributed by atoms with van der Waals surface area (Å²) in [5.41, 5.74) is 0.713. The first-order valence-corrected chi connectivity index (χ1v) is 6.20. The van der Waals surface area contributed by atoms with Crippen LogP contribution in [-0.4, -0.2) is 11.5 Å². The highest BCUT2D eigenvalue weighted by atomic mass is 16.6. The van der Waals surface area contributed by atoms with E-state index in [2.05, 4.69) is 33.0 Å². The van der Waals surface area contributed by atoms with Crippen molar-refractivity contribution in [3.05, 3.63) is 28.0 Å². The van der Waals surface area contributed by atoms with Crippen molar-refractivity contribution in [2.75, 3.05) is 6.54 Å². The molecule has 0 amide bonds. The summed E-state index contributed by atoms with van der Waals surface area (Å²) in [5, 5.41) is 13.8. The van der Waals surface area contributed by atoms with Gasteiger partial charge in [-0.15, -0.1) is 0 Å². The van der Waals surface area contributed by atoms with Crippen molar-refractivity contribution in [3.8, 4) is 0 Å². The van der Waals surface area contributed by atoms with Crippen LogP contribution < -0.4 is 5.32 Å². The molecule has 1 N–H and O–H groups in total. The summed E-state index contributed by atoms with van der Waals surface area (Å²) in [4.78, 5) is 9.95. The van der Waals surface area contributed by atoms with E-state index < -0.39 is 4.92 Å². The fourth-order valence-corrected chi connectivity index (χ4v) is 2.74. The smallest absolute Gasteiger partial charge is 0.404 e. The van der Waals surface area contributed by atoms with Gasteiger partial charge in [0.2, 0.25) is 0 Å². The molecule has 0 atom stereocenters. The molecule has 1 aromatic heterocycles. The SMILES string of the molecule is CC1(C)C(CNCc2ccc([N+](=O)[O-])o2)C1(C)C. The summed E-state index contributed by atoms with van der Waals surface area (Å²) in [7, 11) is 0. The summed E-state index contributed by atoms with van der Waals surface area (Å²) in [6.07, 6.45) is 0. The summed E-state index contributed by atoms with van der Waals surface area (Å²) in [6.45, 7) is 10.5. The zero-order valence-corrected chi connectivity index (χ0v) is 11.3. The molecule has 0 spiro atoms. The molecule has 5 nitrogen and oxygen atoms in total. The lowest BCUT2D eigenvalue weighted by atomic mass is 10.0. The zero-order valence-electron chi connectivity index (χ0n) is 11.3. The number of rotatable bonds is 5. The highest BCUT2D eigenvalue weighted by Gasteiger charge is 2.63. The number of nitrogens with zero attached hydrogens (tertiary/aromatic N) is 1. The van der Waals surface area contributed by atoms with Crippen LogP contribution in [0.2, 0.25) is 0 Å². The predicted molar refractivity (Wildman–Crippen MR) is 68.1 cm³/mol. The summed E-state index contributed by atoms with van der Waals surface area (Å²) in [6, 6.07) is 3.04. The van der Waals surface area contributed by atoms with Gasteiger partial charge >= 0.3 is 5.88 Å². The summed E-state index contributed by atoms with van der Waals surface area (Å²) < 4.78 is 5.09. The average Bonchev–Trinajstić information content (AvgIpc) is 2.67. The molecule has 100 valence electrons. The minimum absolute atomic E-state index is 0.195. The lowest BCUT2D eigenvalue weighted by Gasteiger charge is -2.04. The van der Waals surface area contributed by atoms with E-state index >= 15 is 0 Å². The van der Waals surface area contributed by atoms with Crippen molar-refractivity contribution in [2.45, 2.75) is 34.2 Å². The van der Waals surface area contributed by atoms with Gasteiger partial charge in [-0.1, -0.05) is 27.7 Å². The third-order valence-electron chi connectivity index (χ3n) is 4.79. The van der Waals surface area contributed by atoms with Gasteiger partial charge < -0.3 is 9.73 Å². The molecule has 5 heteroatoms. The first kappa shape index (κ1) is 13.1. The monoisotopic (exact) mass is 252 g/mol. The van der Waals surface area contributed by atoms with E-state index in [-0.39, 0.29) is 5.88 Å². The Labute approximate surface area is 107 Å². The van der Waals surface area contributed by atoms with E-state index in [1.807, 2.05) is 0 Å². The highest BCUT2D eigenvalue weighted by Crippen LogP contribution is 2.67. The Morgan fingerprint density at radius 1 is 1.33 bits per heavy atom. The maximum atomic E-state index is 10.5. The van der Waals surface area contributed by atoms with Gasteiger partial charge in [0.25, 0.3) is 0 Å². The molecule has 0 aromatic carbocycles. The minimum atomic E-state index is -0.517. The molecule has 1 aromatic rings. The molecular formula is C13H20N2O3. The standard InChI is InChI=1S/C13H20N2O3/c1-12(2)10(13(12,3)4)8-14-7-9-5-6-11(18-9)15(16)17/h5-6,10,14H,7-8H2,1-4H3. The van der Waals surface area contributed by atoms with Crippen LogP contribution in [0.3, 0.4) is 0 Å². The summed E-state index contributed by atoms with van der Waals surface area (Å²) in [5.74, 6) is 1.05. The molecule has 18 heavy (non-hydrogen) atoms. The molecule has 1 aliphatic carbocycles. The molecule has 2 rings (SSSR count). The fraction of sp³-hybridized carbons (Fsp3) is 0.692. The predicted octanol–water partition coefficient (Wildman–Crippen LogP) is 2.96. The molecule has 1 fully saturated rings.